The van der Waals surface area contributed by atoms with Gasteiger partial charge in [0.15, 0.2) is 0 Å². The van der Waals surface area contributed by atoms with Crippen molar-refractivity contribution in [2.24, 2.45) is 4.99 Å². The van der Waals surface area contributed by atoms with E-state index in [0.29, 0.717) is 0 Å². The van der Waals surface area contributed by atoms with Gasteiger partial charge in [0.05, 0.1) is 29.9 Å². The van der Waals surface area contributed by atoms with Crippen LogP contribution in [-0.2, 0) is 4.79 Å². The van der Waals surface area contributed by atoms with Gasteiger partial charge < -0.3 is 20.4 Å². The molecule has 0 unspecified atom stereocenters. The molecule has 0 spiro atoms. The molecule has 1 amide bonds. The first kappa shape index (κ1) is 15.3. The number of methoxy groups -OCH3 is 1. The zero-order valence-corrected chi connectivity index (χ0v) is 14.0. The SMILES string of the molecule is CNc1ccc(C2=NCC(=O)Nc3c2[nH]c2ccccc32)cc1OC. The zero-order valence-electron chi connectivity index (χ0n) is 14.0. The van der Waals surface area contributed by atoms with Crippen LogP contribution in [0, 0.1) is 0 Å². The van der Waals surface area contributed by atoms with Crippen LogP contribution in [0.15, 0.2) is 47.5 Å². The average Bonchev–Trinajstić information content (AvgIpc) is 2.91. The summed E-state index contributed by atoms with van der Waals surface area (Å²) in [5.74, 6) is 0.601. The second kappa shape index (κ2) is 5.98. The standard InChI is InChI=1S/C19H18N4O2/c1-20-14-8-7-11(9-15(14)25-2)17-19-18(23-16(24)10-21-17)12-5-3-4-6-13(12)22-19/h3-9,20,22H,10H2,1-2H3,(H,23,24). The molecular formula is C19H18N4O2. The summed E-state index contributed by atoms with van der Waals surface area (Å²) < 4.78 is 5.46. The van der Waals surface area contributed by atoms with Crippen molar-refractivity contribution in [2.75, 3.05) is 31.3 Å². The van der Waals surface area contributed by atoms with Gasteiger partial charge in [-0.2, -0.15) is 0 Å². The van der Waals surface area contributed by atoms with Gasteiger partial charge in [0.1, 0.15) is 12.3 Å². The molecule has 0 radical (unpaired) electrons. The number of aliphatic imine (C=N–C) groups is 1. The van der Waals surface area contributed by atoms with Crippen molar-refractivity contribution in [3.05, 3.63) is 53.7 Å². The predicted molar refractivity (Wildman–Crippen MR) is 100.0 cm³/mol. The molecule has 25 heavy (non-hydrogen) atoms. The van der Waals surface area contributed by atoms with Gasteiger partial charge in [0.25, 0.3) is 0 Å². The molecule has 0 saturated carbocycles. The molecule has 1 aliphatic heterocycles. The number of H-pyrrole nitrogens is 1. The van der Waals surface area contributed by atoms with Crippen LogP contribution in [0.25, 0.3) is 10.9 Å². The van der Waals surface area contributed by atoms with E-state index >= 15 is 0 Å². The molecule has 1 aliphatic rings. The van der Waals surface area contributed by atoms with E-state index in [0.717, 1.165) is 45.0 Å². The highest BCUT2D eigenvalue weighted by Crippen LogP contribution is 2.33. The van der Waals surface area contributed by atoms with E-state index in [2.05, 4.69) is 20.6 Å². The van der Waals surface area contributed by atoms with Crippen LogP contribution in [0.1, 0.15) is 11.3 Å². The summed E-state index contributed by atoms with van der Waals surface area (Å²) in [6, 6.07) is 13.7. The maximum atomic E-state index is 12.1. The summed E-state index contributed by atoms with van der Waals surface area (Å²) in [6.07, 6.45) is 0. The number of aromatic nitrogens is 1. The molecule has 2 heterocycles. The Kier molecular flexibility index (Phi) is 3.65. The van der Waals surface area contributed by atoms with Crippen molar-refractivity contribution in [1.82, 2.24) is 4.98 Å². The van der Waals surface area contributed by atoms with Crippen molar-refractivity contribution in [3.63, 3.8) is 0 Å². The fourth-order valence-corrected chi connectivity index (χ4v) is 3.14. The molecule has 3 aromatic rings. The maximum Gasteiger partial charge on any atom is 0.246 e. The average molecular weight is 334 g/mol. The number of nitrogens with zero attached hydrogens (tertiary/aromatic N) is 1. The number of benzene rings is 2. The molecule has 0 bridgehead atoms. The van der Waals surface area contributed by atoms with Crippen LogP contribution in [0.2, 0.25) is 0 Å². The molecule has 3 N–H and O–H groups in total. The van der Waals surface area contributed by atoms with E-state index in [1.54, 1.807) is 7.11 Å². The number of aromatic amines is 1. The second-order valence-corrected chi connectivity index (χ2v) is 5.80. The molecule has 1 aromatic heterocycles. The van der Waals surface area contributed by atoms with Gasteiger partial charge in [0, 0.05) is 23.5 Å². The van der Waals surface area contributed by atoms with E-state index in [9.17, 15) is 4.79 Å². The lowest BCUT2D eigenvalue weighted by atomic mass is 10.0. The van der Waals surface area contributed by atoms with Gasteiger partial charge in [-0.1, -0.05) is 24.3 Å². The van der Waals surface area contributed by atoms with Crippen molar-refractivity contribution in [1.29, 1.82) is 0 Å². The molecule has 0 aliphatic carbocycles. The normalized spacial score (nSPS) is 13.7. The molecule has 4 rings (SSSR count). The van der Waals surface area contributed by atoms with Gasteiger partial charge >= 0.3 is 0 Å². The fraction of sp³-hybridized carbons (Fsp3) is 0.158. The molecule has 0 fully saturated rings. The number of ether oxygens (including phenoxy) is 1. The first-order chi connectivity index (χ1) is 12.2. The number of amides is 1. The lowest BCUT2D eigenvalue weighted by molar-refractivity contribution is -0.114. The fourth-order valence-electron chi connectivity index (χ4n) is 3.14. The first-order valence-electron chi connectivity index (χ1n) is 8.03. The summed E-state index contributed by atoms with van der Waals surface area (Å²) in [5.41, 5.74) is 5.07. The van der Waals surface area contributed by atoms with Crippen molar-refractivity contribution < 1.29 is 9.53 Å². The largest absolute Gasteiger partial charge is 0.495 e. The highest BCUT2D eigenvalue weighted by Gasteiger charge is 2.23. The Bertz CT molecular complexity index is 1000. The summed E-state index contributed by atoms with van der Waals surface area (Å²) in [5, 5.41) is 7.04. The number of anilines is 2. The quantitative estimate of drug-likeness (QED) is 0.689. The predicted octanol–water partition coefficient (Wildman–Crippen LogP) is 3.01. The van der Waals surface area contributed by atoms with Gasteiger partial charge in [0.2, 0.25) is 5.91 Å². The topological polar surface area (TPSA) is 78.5 Å². The van der Waals surface area contributed by atoms with E-state index in [-0.39, 0.29) is 12.5 Å². The maximum absolute atomic E-state index is 12.1. The van der Waals surface area contributed by atoms with Gasteiger partial charge in [-0.05, 0) is 18.2 Å². The monoisotopic (exact) mass is 334 g/mol. The van der Waals surface area contributed by atoms with Crippen LogP contribution in [0.5, 0.6) is 5.75 Å². The summed E-state index contributed by atoms with van der Waals surface area (Å²) in [7, 11) is 3.48. The van der Waals surface area contributed by atoms with E-state index in [1.807, 2.05) is 49.5 Å². The van der Waals surface area contributed by atoms with Crippen LogP contribution in [-0.4, -0.2) is 37.3 Å². The molecule has 126 valence electrons. The Morgan fingerprint density at radius 3 is 2.84 bits per heavy atom. The smallest absolute Gasteiger partial charge is 0.246 e. The van der Waals surface area contributed by atoms with E-state index in [1.165, 1.54) is 0 Å². The van der Waals surface area contributed by atoms with E-state index in [4.69, 9.17) is 4.74 Å². The lowest BCUT2D eigenvalue weighted by Crippen LogP contribution is -2.13. The second-order valence-electron chi connectivity index (χ2n) is 5.80. The van der Waals surface area contributed by atoms with E-state index < -0.39 is 0 Å². The van der Waals surface area contributed by atoms with Crippen molar-refractivity contribution in [2.45, 2.75) is 0 Å². The number of para-hydroxylation sites is 1. The minimum Gasteiger partial charge on any atom is -0.495 e. The third-order valence-electron chi connectivity index (χ3n) is 4.33. The molecule has 6 nitrogen and oxygen atoms in total. The summed E-state index contributed by atoms with van der Waals surface area (Å²) >= 11 is 0. The number of nitrogens with one attached hydrogen (secondary N) is 3. The number of carbonyl (C=O) groups excluding carboxylic acids is 1. The molecular weight excluding hydrogens is 316 g/mol. The number of hydrogen-bond acceptors (Lipinski definition) is 4. The minimum absolute atomic E-state index is 0.0856. The van der Waals surface area contributed by atoms with Gasteiger partial charge in [-0.15, -0.1) is 0 Å². The Morgan fingerprint density at radius 1 is 1.20 bits per heavy atom. The number of hydrogen-bond donors (Lipinski definition) is 3. The molecule has 0 saturated heterocycles. The number of rotatable bonds is 3. The highest BCUT2D eigenvalue weighted by atomic mass is 16.5. The Balaban J connectivity index is 1.92. The first-order valence-corrected chi connectivity index (χ1v) is 8.03. The highest BCUT2D eigenvalue weighted by molar-refractivity contribution is 6.22. The summed E-state index contributed by atoms with van der Waals surface area (Å²) in [4.78, 5) is 20.0. The van der Waals surface area contributed by atoms with Crippen LogP contribution in [0.3, 0.4) is 0 Å². The van der Waals surface area contributed by atoms with Crippen molar-refractivity contribution >= 4 is 33.9 Å². The van der Waals surface area contributed by atoms with Gasteiger partial charge in [-0.3, -0.25) is 9.79 Å². The number of carbonyl (C=O) groups is 1. The Labute approximate surface area is 144 Å². The van der Waals surface area contributed by atoms with Crippen LogP contribution >= 0.6 is 0 Å². The van der Waals surface area contributed by atoms with Gasteiger partial charge in [-0.25, -0.2) is 0 Å². The zero-order chi connectivity index (χ0) is 17.4. The summed E-state index contributed by atoms with van der Waals surface area (Å²) in [6.45, 7) is 0.0856. The molecule has 2 aromatic carbocycles. The number of fused-ring (bicyclic) bond motifs is 3. The Hall–Kier alpha value is -3.28. The lowest BCUT2D eigenvalue weighted by Gasteiger charge is -2.11. The Morgan fingerprint density at radius 2 is 2.04 bits per heavy atom. The third kappa shape index (κ3) is 2.52. The van der Waals surface area contributed by atoms with Crippen LogP contribution in [0.4, 0.5) is 11.4 Å². The minimum atomic E-state index is -0.125. The molecule has 6 heteroatoms. The van der Waals surface area contributed by atoms with Crippen LogP contribution < -0.4 is 15.4 Å². The van der Waals surface area contributed by atoms with Crippen molar-refractivity contribution in [3.8, 4) is 5.75 Å². The third-order valence-corrected chi connectivity index (χ3v) is 4.33. The molecule has 0 atom stereocenters.